The zero-order valence-corrected chi connectivity index (χ0v) is 14.2. The van der Waals surface area contributed by atoms with Gasteiger partial charge < -0.3 is 4.74 Å². The maximum absolute atomic E-state index is 5.94. The number of aromatic nitrogens is 2. The Kier molecular flexibility index (Phi) is 5.39. The first-order valence-electron chi connectivity index (χ1n) is 6.82. The Hall–Kier alpha value is -1.75. The van der Waals surface area contributed by atoms with Gasteiger partial charge in [0, 0.05) is 15.5 Å². The molecule has 0 spiro atoms. The highest BCUT2D eigenvalue weighted by molar-refractivity contribution is 7.99. The summed E-state index contributed by atoms with van der Waals surface area (Å²) in [4.78, 5) is 9.24. The van der Waals surface area contributed by atoms with E-state index in [0.717, 1.165) is 10.5 Å². The highest BCUT2D eigenvalue weighted by Crippen LogP contribution is 2.36. The minimum Gasteiger partial charge on any atom is -0.444 e. The fourth-order valence-corrected chi connectivity index (χ4v) is 3.06. The Bertz CT molecular complexity index is 704. The van der Waals surface area contributed by atoms with E-state index in [4.69, 9.17) is 27.9 Å². The lowest BCUT2D eigenvalue weighted by Crippen LogP contribution is -2.06. The van der Waals surface area contributed by atoms with Crippen LogP contribution >= 0.6 is 35.0 Å². The summed E-state index contributed by atoms with van der Waals surface area (Å²) in [5.74, 6) is 0. The van der Waals surface area contributed by atoms with Crippen LogP contribution in [0.15, 0.2) is 71.9 Å². The number of ether oxygens (including phenoxy) is 1. The van der Waals surface area contributed by atoms with E-state index in [1.54, 1.807) is 11.8 Å². The monoisotopic (exact) mass is 362 g/mol. The predicted octanol–water partition coefficient (Wildman–Crippen LogP) is 5.65. The van der Waals surface area contributed by atoms with Gasteiger partial charge >= 0.3 is 6.01 Å². The molecule has 2 aromatic carbocycles. The van der Waals surface area contributed by atoms with Crippen LogP contribution in [0.5, 0.6) is 6.01 Å². The molecule has 1 atom stereocenters. The molecule has 1 aromatic heterocycles. The molecule has 0 amide bonds. The molecule has 23 heavy (non-hydrogen) atoms. The second-order valence-corrected chi connectivity index (χ2v) is 6.62. The second kappa shape index (κ2) is 7.68. The van der Waals surface area contributed by atoms with Gasteiger partial charge in [-0.1, -0.05) is 65.3 Å². The highest BCUT2D eigenvalue weighted by Gasteiger charge is 2.16. The standard InChI is InChI=1S/C17H12Cl2N2OS/c18-13-6-8-15(9-7-13)23-16(12-4-2-1-3-5-12)22-17-20-10-14(19)11-21-17/h1-11,16H. The molecule has 116 valence electrons. The van der Waals surface area contributed by atoms with Gasteiger partial charge in [0.2, 0.25) is 0 Å². The van der Waals surface area contributed by atoms with E-state index in [1.165, 1.54) is 12.4 Å². The largest absolute Gasteiger partial charge is 0.444 e. The molecule has 0 N–H and O–H groups in total. The van der Waals surface area contributed by atoms with Gasteiger partial charge in [0.05, 0.1) is 17.4 Å². The number of nitrogens with zero attached hydrogens (tertiary/aromatic N) is 2. The molecule has 0 aliphatic heterocycles. The molecule has 0 bridgehead atoms. The average Bonchev–Trinajstić information content (AvgIpc) is 2.59. The quantitative estimate of drug-likeness (QED) is 0.433. The summed E-state index contributed by atoms with van der Waals surface area (Å²) in [6.45, 7) is 0. The normalized spacial score (nSPS) is 11.9. The van der Waals surface area contributed by atoms with Gasteiger partial charge in [0.1, 0.15) is 0 Å². The fourth-order valence-electron chi connectivity index (χ4n) is 1.86. The maximum atomic E-state index is 5.94. The number of hydrogen-bond acceptors (Lipinski definition) is 4. The van der Waals surface area contributed by atoms with Crippen molar-refractivity contribution in [1.29, 1.82) is 0 Å². The Morgan fingerprint density at radius 2 is 1.48 bits per heavy atom. The molecule has 3 aromatic rings. The van der Waals surface area contributed by atoms with Gasteiger partial charge in [-0.3, -0.25) is 0 Å². The Labute approximate surface area is 148 Å². The van der Waals surface area contributed by atoms with Crippen molar-refractivity contribution >= 4 is 35.0 Å². The van der Waals surface area contributed by atoms with E-state index >= 15 is 0 Å². The van der Waals surface area contributed by atoms with Crippen LogP contribution in [0.1, 0.15) is 11.0 Å². The topological polar surface area (TPSA) is 35.0 Å². The molecule has 0 radical (unpaired) electrons. The van der Waals surface area contributed by atoms with Crippen molar-refractivity contribution in [3.05, 3.63) is 82.6 Å². The van der Waals surface area contributed by atoms with Gasteiger partial charge in [-0.25, -0.2) is 9.97 Å². The molecule has 1 unspecified atom stereocenters. The van der Waals surface area contributed by atoms with Crippen molar-refractivity contribution in [3.8, 4) is 6.01 Å². The third-order valence-corrected chi connectivity index (χ3v) is 4.51. The molecule has 0 fully saturated rings. The lowest BCUT2D eigenvalue weighted by Gasteiger charge is -2.17. The van der Waals surface area contributed by atoms with Crippen LogP contribution in [0, 0.1) is 0 Å². The van der Waals surface area contributed by atoms with E-state index in [9.17, 15) is 0 Å². The summed E-state index contributed by atoms with van der Waals surface area (Å²) in [6.07, 6.45) is 3.03. The van der Waals surface area contributed by atoms with Crippen molar-refractivity contribution in [1.82, 2.24) is 9.97 Å². The maximum Gasteiger partial charge on any atom is 0.317 e. The van der Waals surface area contributed by atoms with Crippen LogP contribution in [-0.4, -0.2) is 9.97 Å². The van der Waals surface area contributed by atoms with Gasteiger partial charge in [0.15, 0.2) is 5.44 Å². The van der Waals surface area contributed by atoms with E-state index in [1.807, 2.05) is 54.6 Å². The van der Waals surface area contributed by atoms with Crippen molar-refractivity contribution in [2.45, 2.75) is 10.3 Å². The smallest absolute Gasteiger partial charge is 0.317 e. The zero-order chi connectivity index (χ0) is 16.1. The number of hydrogen-bond donors (Lipinski definition) is 0. The molecular formula is C17H12Cl2N2OS. The minimum atomic E-state index is -0.279. The van der Waals surface area contributed by atoms with Crippen LogP contribution in [0.25, 0.3) is 0 Å². The molecule has 0 saturated carbocycles. The lowest BCUT2D eigenvalue weighted by molar-refractivity contribution is 0.270. The van der Waals surface area contributed by atoms with Crippen LogP contribution in [0.4, 0.5) is 0 Å². The Balaban J connectivity index is 1.84. The third-order valence-electron chi connectivity index (χ3n) is 2.94. The van der Waals surface area contributed by atoms with Crippen molar-refractivity contribution in [2.24, 2.45) is 0 Å². The van der Waals surface area contributed by atoms with Crippen LogP contribution < -0.4 is 4.74 Å². The summed E-state index contributed by atoms with van der Waals surface area (Å²) in [6, 6.07) is 17.8. The van der Waals surface area contributed by atoms with Crippen molar-refractivity contribution in [3.63, 3.8) is 0 Å². The predicted molar refractivity (Wildman–Crippen MR) is 94.2 cm³/mol. The number of rotatable bonds is 5. The molecule has 3 rings (SSSR count). The first-order chi connectivity index (χ1) is 11.2. The van der Waals surface area contributed by atoms with Crippen LogP contribution in [-0.2, 0) is 0 Å². The molecule has 0 aliphatic carbocycles. The van der Waals surface area contributed by atoms with E-state index < -0.39 is 0 Å². The number of halogens is 2. The average molecular weight is 363 g/mol. The fraction of sp³-hybridized carbons (Fsp3) is 0.0588. The summed E-state index contributed by atoms with van der Waals surface area (Å²) in [5, 5.41) is 1.17. The minimum absolute atomic E-state index is 0.279. The van der Waals surface area contributed by atoms with Gasteiger partial charge in [-0.15, -0.1) is 0 Å². The zero-order valence-electron chi connectivity index (χ0n) is 11.9. The Morgan fingerprint density at radius 1 is 0.826 bits per heavy atom. The first-order valence-corrected chi connectivity index (χ1v) is 8.45. The summed E-state index contributed by atoms with van der Waals surface area (Å²) < 4.78 is 5.94. The van der Waals surface area contributed by atoms with E-state index in [2.05, 4.69) is 9.97 Å². The number of benzene rings is 2. The SMILES string of the molecule is Clc1ccc(SC(Oc2ncc(Cl)cn2)c2ccccc2)cc1. The summed E-state index contributed by atoms with van der Waals surface area (Å²) in [5.41, 5.74) is 0.740. The van der Waals surface area contributed by atoms with Crippen molar-refractivity contribution in [2.75, 3.05) is 0 Å². The molecule has 3 nitrogen and oxygen atoms in total. The van der Waals surface area contributed by atoms with Gasteiger partial charge in [0.25, 0.3) is 0 Å². The summed E-state index contributed by atoms with van der Waals surface area (Å²) in [7, 11) is 0. The number of thioether (sulfide) groups is 1. The van der Waals surface area contributed by atoms with E-state index in [-0.39, 0.29) is 11.4 Å². The molecule has 6 heteroatoms. The Morgan fingerprint density at radius 3 is 2.13 bits per heavy atom. The van der Waals surface area contributed by atoms with Crippen LogP contribution in [0.2, 0.25) is 10.0 Å². The second-order valence-electron chi connectivity index (χ2n) is 4.62. The lowest BCUT2D eigenvalue weighted by atomic mass is 10.2. The molecule has 1 heterocycles. The molecule has 0 aliphatic rings. The summed E-state index contributed by atoms with van der Waals surface area (Å²) >= 11 is 13.3. The third kappa shape index (κ3) is 4.61. The van der Waals surface area contributed by atoms with Gasteiger partial charge in [-0.2, -0.15) is 0 Å². The van der Waals surface area contributed by atoms with Crippen LogP contribution in [0.3, 0.4) is 0 Å². The molecular weight excluding hydrogens is 351 g/mol. The highest BCUT2D eigenvalue weighted by atomic mass is 35.5. The first kappa shape index (κ1) is 16.1. The molecule has 0 saturated heterocycles. The van der Waals surface area contributed by atoms with Crippen molar-refractivity contribution < 1.29 is 4.74 Å². The van der Waals surface area contributed by atoms with Gasteiger partial charge in [-0.05, 0) is 24.3 Å². The van der Waals surface area contributed by atoms with E-state index in [0.29, 0.717) is 10.0 Å².